The van der Waals surface area contributed by atoms with Crippen molar-refractivity contribution in [2.75, 3.05) is 0 Å². The van der Waals surface area contributed by atoms with Crippen LogP contribution in [-0.4, -0.2) is 22.1 Å². The molecule has 5 heteroatoms. The molecule has 1 saturated carbocycles. The molecular weight excluding hydrogens is 264 g/mol. The quantitative estimate of drug-likeness (QED) is 0.256. The number of hydrogen-bond donors (Lipinski definition) is 3. The molecular formula is C16H26N4O. The van der Waals surface area contributed by atoms with Gasteiger partial charge in [-0.05, 0) is 37.3 Å². The molecule has 1 aliphatic rings. The Hall–Kier alpha value is -1.62. The fourth-order valence-corrected chi connectivity index (χ4v) is 3.11. The summed E-state index contributed by atoms with van der Waals surface area (Å²) in [6.07, 6.45) is 9.73. The maximum absolute atomic E-state index is 8.83. The summed E-state index contributed by atoms with van der Waals surface area (Å²) >= 11 is 0. The first-order chi connectivity index (χ1) is 10.2. The van der Waals surface area contributed by atoms with Gasteiger partial charge in [0.2, 0.25) is 0 Å². The van der Waals surface area contributed by atoms with E-state index in [4.69, 9.17) is 10.9 Å². The van der Waals surface area contributed by atoms with Crippen LogP contribution in [0.4, 0.5) is 0 Å². The van der Waals surface area contributed by atoms with Gasteiger partial charge in [-0.15, -0.1) is 0 Å². The highest BCUT2D eigenvalue weighted by Gasteiger charge is 2.19. The van der Waals surface area contributed by atoms with Gasteiger partial charge in [0.15, 0.2) is 5.84 Å². The predicted molar refractivity (Wildman–Crippen MR) is 84.2 cm³/mol. The Kier molecular flexibility index (Phi) is 5.99. The zero-order chi connectivity index (χ0) is 15.1. The first-order valence-corrected chi connectivity index (χ1v) is 7.87. The molecule has 0 spiro atoms. The Morgan fingerprint density at radius 2 is 2.14 bits per heavy atom. The van der Waals surface area contributed by atoms with Crippen molar-refractivity contribution in [3.05, 3.63) is 29.6 Å². The second-order valence-corrected chi connectivity index (χ2v) is 5.92. The van der Waals surface area contributed by atoms with Crippen molar-refractivity contribution in [3.8, 4) is 0 Å². The first kappa shape index (κ1) is 15.8. The summed E-state index contributed by atoms with van der Waals surface area (Å²) < 4.78 is 0. The fourth-order valence-electron chi connectivity index (χ4n) is 3.11. The van der Waals surface area contributed by atoms with Crippen LogP contribution in [0.25, 0.3) is 0 Å². The van der Waals surface area contributed by atoms with Crippen LogP contribution in [0.1, 0.15) is 56.7 Å². The van der Waals surface area contributed by atoms with Crippen molar-refractivity contribution in [3.63, 3.8) is 0 Å². The minimum absolute atomic E-state index is 0.0644. The highest BCUT2D eigenvalue weighted by molar-refractivity contribution is 5.96. The van der Waals surface area contributed by atoms with E-state index in [1.165, 1.54) is 38.5 Å². The monoisotopic (exact) mass is 290 g/mol. The van der Waals surface area contributed by atoms with E-state index in [2.05, 4.69) is 22.4 Å². The fraction of sp³-hybridized carbons (Fsp3) is 0.625. The van der Waals surface area contributed by atoms with Crippen LogP contribution in [0.15, 0.2) is 23.5 Å². The normalized spacial score (nSPS) is 19.2. The van der Waals surface area contributed by atoms with Crippen LogP contribution < -0.4 is 11.1 Å². The van der Waals surface area contributed by atoms with Crippen molar-refractivity contribution in [1.82, 2.24) is 10.3 Å². The molecule has 4 N–H and O–H groups in total. The molecule has 0 amide bonds. The molecule has 0 saturated heterocycles. The summed E-state index contributed by atoms with van der Waals surface area (Å²) in [5.41, 5.74) is 7.20. The molecule has 5 nitrogen and oxygen atoms in total. The Labute approximate surface area is 126 Å². The van der Waals surface area contributed by atoms with Crippen molar-refractivity contribution in [2.45, 2.75) is 58.0 Å². The van der Waals surface area contributed by atoms with Crippen LogP contribution >= 0.6 is 0 Å². The molecule has 1 atom stereocenters. The number of pyridine rings is 1. The molecule has 2 rings (SSSR count). The molecule has 116 valence electrons. The maximum Gasteiger partial charge on any atom is 0.189 e. The molecule has 1 aromatic rings. The largest absolute Gasteiger partial charge is 0.409 e. The van der Waals surface area contributed by atoms with Crippen LogP contribution in [-0.2, 0) is 6.54 Å². The molecule has 1 fully saturated rings. The minimum Gasteiger partial charge on any atom is -0.409 e. The van der Waals surface area contributed by atoms with Gasteiger partial charge in [0.05, 0.1) is 0 Å². The van der Waals surface area contributed by atoms with Gasteiger partial charge in [0.1, 0.15) is 5.69 Å². The van der Waals surface area contributed by atoms with Gasteiger partial charge >= 0.3 is 0 Å². The van der Waals surface area contributed by atoms with E-state index in [0.717, 1.165) is 11.5 Å². The second-order valence-electron chi connectivity index (χ2n) is 5.92. The number of hydrogen-bond acceptors (Lipinski definition) is 4. The third-order valence-electron chi connectivity index (χ3n) is 4.46. The van der Waals surface area contributed by atoms with Gasteiger partial charge in [-0.1, -0.05) is 36.9 Å². The Morgan fingerprint density at radius 1 is 1.43 bits per heavy atom. The van der Waals surface area contributed by atoms with Crippen LogP contribution in [0, 0.1) is 5.92 Å². The van der Waals surface area contributed by atoms with Gasteiger partial charge in [0, 0.05) is 18.8 Å². The number of oxime groups is 1. The van der Waals surface area contributed by atoms with Crippen molar-refractivity contribution >= 4 is 5.84 Å². The highest BCUT2D eigenvalue weighted by Crippen LogP contribution is 2.25. The van der Waals surface area contributed by atoms with Crippen molar-refractivity contribution in [1.29, 1.82) is 0 Å². The zero-order valence-corrected chi connectivity index (χ0v) is 12.8. The number of aromatic nitrogens is 1. The molecule has 0 unspecified atom stereocenters. The van der Waals surface area contributed by atoms with E-state index in [1.807, 2.05) is 12.1 Å². The zero-order valence-electron chi connectivity index (χ0n) is 12.8. The van der Waals surface area contributed by atoms with Crippen LogP contribution in [0.5, 0.6) is 0 Å². The third kappa shape index (κ3) is 4.43. The van der Waals surface area contributed by atoms with E-state index < -0.39 is 0 Å². The van der Waals surface area contributed by atoms with Crippen molar-refractivity contribution < 1.29 is 5.21 Å². The lowest BCUT2D eigenvalue weighted by Crippen LogP contribution is -2.33. The Morgan fingerprint density at radius 3 is 2.81 bits per heavy atom. The molecule has 0 radical (unpaired) electrons. The van der Waals surface area contributed by atoms with E-state index >= 15 is 0 Å². The summed E-state index contributed by atoms with van der Waals surface area (Å²) in [4.78, 5) is 4.20. The highest BCUT2D eigenvalue weighted by atomic mass is 16.4. The maximum atomic E-state index is 8.83. The van der Waals surface area contributed by atoms with Gasteiger partial charge in [0.25, 0.3) is 0 Å². The van der Waals surface area contributed by atoms with Gasteiger partial charge in [-0.2, -0.15) is 0 Å². The second kappa shape index (κ2) is 7.98. The number of amidine groups is 1. The number of rotatable bonds is 5. The van der Waals surface area contributed by atoms with Crippen molar-refractivity contribution in [2.24, 2.45) is 16.8 Å². The number of nitrogens with one attached hydrogen (secondary N) is 1. The van der Waals surface area contributed by atoms with E-state index in [-0.39, 0.29) is 5.84 Å². The van der Waals surface area contributed by atoms with Gasteiger partial charge in [-0.25, -0.2) is 0 Å². The first-order valence-electron chi connectivity index (χ1n) is 7.87. The number of nitrogens with zero attached hydrogens (tertiary/aromatic N) is 2. The summed E-state index contributed by atoms with van der Waals surface area (Å²) in [6.45, 7) is 2.95. The summed E-state index contributed by atoms with van der Waals surface area (Å²) in [7, 11) is 0. The Bertz CT molecular complexity index is 467. The molecule has 1 heterocycles. The van der Waals surface area contributed by atoms with E-state index in [9.17, 15) is 0 Å². The van der Waals surface area contributed by atoms with E-state index in [0.29, 0.717) is 18.3 Å². The Balaban J connectivity index is 1.96. The van der Waals surface area contributed by atoms with Gasteiger partial charge < -0.3 is 16.3 Å². The van der Waals surface area contributed by atoms with Crippen LogP contribution in [0.3, 0.4) is 0 Å². The molecule has 1 aromatic heterocycles. The predicted octanol–water partition coefficient (Wildman–Crippen LogP) is 2.62. The lowest BCUT2D eigenvalue weighted by atomic mass is 9.93. The average Bonchev–Trinajstić information content (AvgIpc) is 2.81. The number of nitrogens with two attached hydrogens (primary N) is 1. The molecule has 21 heavy (non-hydrogen) atoms. The lowest BCUT2D eigenvalue weighted by Gasteiger charge is -2.24. The van der Waals surface area contributed by atoms with E-state index in [1.54, 1.807) is 6.20 Å². The molecule has 1 aliphatic carbocycles. The molecule has 0 bridgehead atoms. The topological polar surface area (TPSA) is 83.5 Å². The summed E-state index contributed by atoms with van der Waals surface area (Å²) in [6, 6.07) is 4.32. The summed E-state index contributed by atoms with van der Waals surface area (Å²) in [5, 5.41) is 15.5. The minimum atomic E-state index is 0.0644. The average molecular weight is 290 g/mol. The third-order valence-corrected chi connectivity index (χ3v) is 4.46. The SMILES string of the molecule is C[C@H](NCc1cccnc1/C(N)=N/O)C1CCCCCC1. The molecule has 0 aliphatic heterocycles. The summed E-state index contributed by atoms with van der Waals surface area (Å²) in [5.74, 6) is 0.811. The lowest BCUT2D eigenvalue weighted by molar-refractivity contribution is 0.318. The van der Waals surface area contributed by atoms with Gasteiger partial charge in [-0.3, -0.25) is 4.98 Å². The smallest absolute Gasteiger partial charge is 0.189 e. The standard InChI is InChI=1S/C16H26N4O/c1-12(13-7-4-2-3-5-8-13)19-11-14-9-6-10-18-15(14)16(17)20-21/h6,9-10,12-13,19,21H,2-5,7-8,11H2,1H3,(H2,17,20)/t12-/m0/s1. The molecule has 0 aromatic carbocycles. The van der Waals surface area contributed by atoms with Crippen LogP contribution in [0.2, 0.25) is 0 Å².